The van der Waals surface area contributed by atoms with Gasteiger partial charge in [-0.15, -0.1) is 0 Å². The predicted molar refractivity (Wildman–Crippen MR) is 47.6 cm³/mol. The van der Waals surface area contributed by atoms with Crippen LogP contribution in [-0.4, -0.2) is 17.9 Å². The molecule has 0 radical (unpaired) electrons. The number of rotatable bonds is 2. The highest BCUT2D eigenvalue weighted by Gasteiger charge is 2.16. The lowest BCUT2D eigenvalue weighted by atomic mass is 10.2. The lowest BCUT2D eigenvalue weighted by molar-refractivity contribution is 0.0504. The zero-order chi connectivity index (χ0) is 9.78. The van der Waals surface area contributed by atoms with E-state index in [1.165, 1.54) is 0 Å². The number of hydrogen-bond acceptors (Lipinski definition) is 3. The fourth-order valence-electron chi connectivity index (χ4n) is 0.561. The average molecular weight is 174 g/mol. The van der Waals surface area contributed by atoms with Crippen molar-refractivity contribution in [1.29, 1.82) is 0 Å². The molecule has 0 saturated heterocycles. The maximum Gasteiger partial charge on any atom is 0.408 e. The third-order valence-corrected chi connectivity index (χ3v) is 1.14. The largest absolute Gasteiger partial charge is 0.444 e. The van der Waals surface area contributed by atoms with E-state index in [4.69, 9.17) is 10.5 Å². The zero-order valence-corrected chi connectivity index (χ0v) is 8.18. The molecule has 4 heteroatoms. The second-order valence-electron chi connectivity index (χ2n) is 3.66. The number of amides is 1. The van der Waals surface area contributed by atoms with Gasteiger partial charge < -0.3 is 15.8 Å². The van der Waals surface area contributed by atoms with Crippen molar-refractivity contribution >= 4 is 6.09 Å². The van der Waals surface area contributed by atoms with Gasteiger partial charge in [0.1, 0.15) is 5.60 Å². The summed E-state index contributed by atoms with van der Waals surface area (Å²) < 4.78 is 4.98. The van der Waals surface area contributed by atoms with Crippen molar-refractivity contribution in [2.75, 3.05) is 0 Å². The summed E-state index contributed by atoms with van der Waals surface area (Å²) in [5.74, 6) is 0. The molecule has 0 rings (SSSR count). The molecule has 72 valence electrons. The standard InChI is InChI=1S/C8H18N2O2/c1-5-6(9)10-7(11)12-8(2,3)4/h6H,5,9H2,1-4H3,(H,10,11). The van der Waals surface area contributed by atoms with Crippen LogP contribution in [0.15, 0.2) is 0 Å². The van der Waals surface area contributed by atoms with Crippen molar-refractivity contribution in [3.63, 3.8) is 0 Å². The normalized spacial score (nSPS) is 13.8. The van der Waals surface area contributed by atoms with Crippen LogP contribution >= 0.6 is 0 Å². The van der Waals surface area contributed by atoms with Gasteiger partial charge in [-0.3, -0.25) is 0 Å². The maximum absolute atomic E-state index is 11.0. The van der Waals surface area contributed by atoms with Crippen LogP contribution in [0.4, 0.5) is 4.79 Å². The van der Waals surface area contributed by atoms with E-state index >= 15 is 0 Å². The molecular formula is C8H18N2O2. The molecule has 0 saturated carbocycles. The summed E-state index contributed by atoms with van der Waals surface area (Å²) in [4.78, 5) is 11.0. The van der Waals surface area contributed by atoms with Crippen LogP contribution in [0.25, 0.3) is 0 Å². The van der Waals surface area contributed by atoms with E-state index in [0.29, 0.717) is 6.42 Å². The Labute approximate surface area is 73.5 Å². The molecule has 1 atom stereocenters. The lowest BCUT2D eigenvalue weighted by Gasteiger charge is -2.21. The number of nitrogens with one attached hydrogen (secondary N) is 1. The summed E-state index contributed by atoms with van der Waals surface area (Å²) in [5, 5.41) is 2.50. The smallest absolute Gasteiger partial charge is 0.408 e. The first-order chi connectivity index (χ1) is 5.35. The zero-order valence-electron chi connectivity index (χ0n) is 8.18. The SMILES string of the molecule is CCC(N)NC(=O)OC(C)(C)C. The van der Waals surface area contributed by atoms with Gasteiger partial charge >= 0.3 is 6.09 Å². The Bertz CT molecular complexity index is 152. The van der Waals surface area contributed by atoms with Gasteiger partial charge in [0.25, 0.3) is 0 Å². The number of carbonyl (C=O) groups is 1. The number of ether oxygens (including phenoxy) is 1. The molecule has 0 heterocycles. The van der Waals surface area contributed by atoms with Gasteiger partial charge in [-0.25, -0.2) is 4.79 Å². The number of alkyl carbamates (subject to hydrolysis) is 1. The second-order valence-corrected chi connectivity index (χ2v) is 3.66. The fourth-order valence-corrected chi connectivity index (χ4v) is 0.561. The maximum atomic E-state index is 11.0. The molecule has 3 N–H and O–H groups in total. The van der Waals surface area contributed by atoms with E-state index in [9.17, 15) is 4.79 Å². The van der Waals surface area contributed by atoms with Gasteiger partial charge in [0.2, 0.25) is 0 Å². The van der Waals surface area contributed by atoms with Gasteiger partial charge in [-0.1, -0.05) is 6.92 Å². The molecule has 1 unspecified atom stereocenters. The monoisotopic (exact) mass is 174 g/mol. The molecule has 0 aromatic heterocycles. The summed E-state index contributed by atoms with van der Waals surface area (Å²) in [5.41, 5.74) is 5.02. The molecule has 1 amide bonds. The Hall–Kier alpha value is -0.770. The number of hydrogen-bond donors (Lipinski definition) is 2. The first kappa shape index (κ1) is 11.2. The highest BCUT2D eigenvalue weighted by molar-refractivity contribution is 5.67. The van der Waals surface area contributed by atoms with Gasteiger partial charge in [-0.2, -0.15) is 0 Å². The molecule has 0 aromatic carbocycles. The Kier molecular flexibility index (Phi) is 4.03. The molecular weight excluding hydrogens is 156 g/mol. The Morgan fingerprint density at radius 1 is 1.58 bits per heavy atom. The van der Waals surface area contributed by atoms with E-state index in [1.807, 2.05) is 27.7 Å². The van der Waals surface area contributed by atoms with Crippen molar-refractivity contribution in [2.45, 2.75) is 45.9 Å². The van der Waals surface area contributed by atoms with Gasteiger partial charge in [0.05, 0.1) is 6.17 Å². The first-order valence-electron chi connectivity index (χ1n) is 4.10. The minimum absolute atomic E-state index is 0.320. The summed E-state index contributed by atoms with van der Waals surface area (Å²) in [6, 6.07) is 0. The van der Waals surface area contributed by atoms with Crippen molar-refractivity contribution < 1.29 is 9.53 Å². The van der Waals surface area contributed by atoms with Gasteiger partial charge in [0.15, 0.2) is 0 Å². The third-order valence-electron chi connectivity index (χ3n) is 1.14. The molecule has 4 nitrogen and oxygen atoms in total. The Morgan fingerprint density at radius 3 is 2.42 bits per heavy atom. The van der Waals surface area contributed by atoms with Crippen LogP contribution in [0.2, 0.25) is 0 Å². The van der Waals surface area contributed by atoms with E-state index in [0.717, 1.165) is 0 Å². The summed E-state index contributed by atoms with van der Waals surface area (Å²) in [6.45, 7) is 7.32. The first-order valence-corrected chi connectivity index (χ1v) is 4.10. The van der Waals surface area contributed by atoms with E-state index in [1.54, 1.807) is 0 Å². The Balaban J connectivity index is 3.75. The van der Waals surface area contributed by atoms with Crippen LogP contribution in [0.1, 0.15) is 34.1 Å². The van der Waals surface area contributed by atoms with Gasteiger partial charge in [0, 0.05) is 0 Å². The fraction of sp³-hybridized carbons (Fsp3) is 0.875. The number of carbonyl (C=O) groups excluding carboxylic acids is 1. The lowest BCUT2D eigenvalue weighted by Crippen LogP contribution is -2.43. The predicted octanol–water partition coefficient (Wildman–Crippen LogP) is 1.21. The quantitative estimate of drug-likeness (QED) is 0.618. The summed E-state index contributed by atoms with van der Waals surface area (Å²) >= 11 is 0. The van der Waals surface area contributed by atoms with Crippen LogP contribution in [-0.2, 0) is 4.74 Å². The van der Waals surface area contributed by atoms with Crippen LogP contribution < -0.4 is 11.1 Å². The third kappa shape index (κ3) is 5.97. The van der Waals surface area contributed by atoms with Crippen molar-refractivity contribution in [1.82, 2.24) is 5.32 Å². The highest BCUT2D eigenvalue weighted by atomic mass is 16.6. The molecule has 0 bridgehead atoms. The number of nitrogens with two attached hydrogens (primary N) is 1. The molecule has 0 aliphatic carbocycles. The molecule has 0 aromatic rings. The van der Waals surface area contributed by atoms with E-state index in [2.05, 4.69) is 5.32 Å². The van der Waals surface area contributed by atoms with Crippen molar-refractivity contribution in [3.8, 4) is 0 Å². The van der Waals surface area contributed by atoms with E-state index in [-0.39, 0.29) is 6.17 Å². The van der Waals surface area contributed by atoms with Crippen LogP contribution in [0.3, 0.4) is 0 Å². The summed E-state index contributed by atoms with van der Waals surface area (Å²) in [6.07, 6.45) is -0.0871. The molecule has 0 aliphatic rings. The Morgan fingerprint density at radius 2 is 2.08 bits per heavy atom. The average Bonchev–Trinajstić information content (AvgIpc) is 1.82. The van der Waals surface area contributed by atoms with E-state index < -0.39 is 11.7 Å². The topological polar surface area (TPSA) is 64.3 Å². The second kappa shape index (κ2) is 4.30. The van der Waals surface area contributed by atoms with Gasteiger partial charge in [-0.05, 0) is 27.2 Å². The molecule has 0 fully saturated rings. The van der Waals surface area contributed by atoms with Crippen LogP contribution in [0.5, 0.6) is 0 Å². The summed E-state index contributed by atoms with van der Waals surface area (Å²) in [7, 11) is 0. The molecule has 0 aliphatic heterocycles. The van der Waals surface area contributed by atoms with Crippen LogP contribution in [0, 0.1) is 0 Å². The minimum atomic E-state index is -0.461. The molecule has 12 heavy (non-hydrogen) atoms. The van der Waals surface area contributed by atoms with Crippen molar-refractivity contribution in [2.24, 2.45) is 5.73 Å². The minimum Gasteiger partial charge on any atom is -0.444 e. The molecule has 0 spiro atoms. The highest BCUT2D eigenvalue weighted by Crippen LogP contribution is 2.06. The van der Waals surface area contributed by atoms with Crippen molar-refractivity contribution in [3.05, 3.63) is 0 Å².